The number of piperidine rings is 1. The van der Waals surface area contributed by atoms with Gasteiger partial charge in [0.05, 0.1) is 0 Å². The monoisotopic (exact) mass is 267 g/mol. The number of nitrogens with zero attached hydrogens (tertiary/aromatic N) is 1. The summed E-state index contributed by atoms with van der Waals surface area (Å²) in [7, 11) is 0. The summed E-state index contributed by atoms with van der Waals surface area (Å²) < 4.78 is 0. The van der Waals surface area contributed by atoms with E-state index in [4.69, 9.17) is 0 Å². The van der Waals surface area contributed by atoms with Gasteiger partial charge < -0.3 is 4.90 Å². The highest BCUT2D eigenvalue weighted by molar-refractivity contribution is 4.72. The van der Waals surface area contributed by atoms with Crippen molar-refractivity contribution < 1.29 is 0 Å². The zero-order valence-electron chi connectivity index (χ0n) is 13.6. The molecule has 1 nitrogen and oxygen atoms in total. The number of hydrogen-bond acceptors (Lipinski definition) is 1. The minimum absolute atomic E-state index is 1.01. The van der Waals surface area contributed by atoms with Crippen LogP contribution in [-0.2, 0) is 0 Å². The van der Waals surface area contributed by atoms with Crippen molar-refractivity contribution >= 4 is 0 Å². The van der Waals surface area contributed by atoms with E-state index in [9.17, 15) is 0 Å². The molecule has 1 unspecified atom stereocenters. The molecule has 0 radical (unpaired) electrons. The van der Waals surface area contributed by atoms with Crippen LogP contribution >= 0.6 is 0 Å². The van der Waals surface area contributed by atoms with Crippen LogP contribution in [0.25, 0.3) is 0 Å². The Morgan fingerprint density at radius 1 is 0.842 bits per heavy atom. The number of hydrogen-bond donors (Lipinski definition) is 0. The molecule has 0 aromatic rings. The highest BCUT2D eigenvalue weighted by atomic mass is 15.1. The molecule has 0 saturated carbocycles. The van der Waals surface area contributed by atoms with Crippen LogP contribution in [0.5, 0.6) is 0 Å². The van der Waals surface area contributed by atoms with Crippen molar-refractivity contribution in [3.8, 4) is 0 Å². The Morgan fingerprint density at radius 3 is 2.26 bits per heavy atom. The average molecular weight is 268 g/mol. The maximum Gasteiger partial charge on any atom is 0.000966 e. The third-order valence-corrected chi connectivity index (χ3v) is 4.65. The third-order valence-electron chi connectivity index (χ3n) is 4.65. The van der Waals surface area contributed by atoms with Gasteiger partial charge in [0, 0.05) is 6.54 Å². The topological polar surface area (TPSA) is 3.24 Å². The Balaban J connectivity index is 1.96. The van der Waals surface area contributed by atoms with E-state index in [2.05, 4.69) is 18.7 Å². The molecular formula is C18H37N. The van der Waals surface area contributed by atoms with Crippen LogP contribution in [0.15, 0.2) is 0 Å². The molecule has 1 heterocycles. The van der Waals surface area contributed by atoms with Gasteiger partial charge in [-0.2, -0.15) is 0 Å². The Bertz CT molecular complexity index is 190. The fraction of sp³-hybridized carbons (Fsp3) is 1.00. The van der Waals surface area contributed by atoms with Crippen LogP contribution < -0.4 is 0 Å². The maximum absolute atomic E-state index is 2.75. The minimum Gasteiger partial charge on any atom is -0.303 e. The lowest BCUT2D eigenvalue weighted by Gasteiger charge is -2.32. The molecule has 0 bridgehead atoms. The molecule has 1 aliphatic heterocycles. The van der Waals surface area contributed by atoms with E-state index in [1.54, 1.807) is 0 Å². The van der Waals surface area contributed by atoms with E-state index in [1.807, 2.05) is 0 Å². The quantitative estimate of drug-likeness (QED) is 0.438. The van der Waals surface area contributed by atoms with Gasteiger partial charge in [-0.1, -0.05) is 65.2 Å². The van der Waals surface area contributed by atoms with Crippen molar-refractivity contribution in [2.24, 2.45) is 5.92 Å². The van der Waals surface area contributed by atoms with E-state index in [-0.39, 0.29) is 0 Å². The molecule has 1 fully saturated rings. The first-order chi connectivity index (χ1) is 9.36. The van der Waals surface area contributed by atoms with Gasteiger partial charge in [-0.3, -0.25) is 0 Å². The first-order valence-electron chi connectivity index (χ1n) is 9.09. The summed E-state index contributed by atoms with van der Waals surface area (Å²) in [4.78, 5) is 2.75. The smallest absolute Gasteiger partial charge is 0.000966 e. The van der Waals surface area contributed by atoms with Crippen molar-refractivity contribution in [1.29, 1.82) is 0 Å². The Labute approximate surface area is 122 Å². The molecule has 1 rings (SSSR count). The summed E-state index contributed by atoms with van der Waals surface area (Å²) >= 11 is 0. The van der Waals surface area contributed by atoms with Gasteiger partial charge in [-0.25, -0.2) is 0 Å². The summed E-state index contributed by atoms with van der Waals surface area (Å²) in [6, 6.07) is 0. The Morgan fingerprint density at radius 2 is 1.53 bits per heavy atom. The summed E-state index contributed by atoms with van der Waals surface area (Å²) in [5.41, 5.74) is 0. The molecule has 0 amide bonds. The molecule has 19 heavy (non-hydrogen) atoms. The molecule has 0 spiro atoms. The van der Waals surface area contributed by atoms with Crippen molar-refractivity contribution in [2.45, 2.75) is 90.9 Å². The van der Waals surface area contributed by atoms with Gasteiger partial charge in [0.15, 0.2) is 0 Å². The van der Waals surface area contributed by atoms with Crippen LogP contribution in [0.2, 0.25) is 0 Å². The predicted molar refractivity (Wildman–Crippen MR) is 86.7 cm³/mol. The van der Waals surface area contributed by atoms with Crippen molar-refractivity contribution in [3.05, 3.63) is 0 Å². The van der Waals surface area contributed by atoms with E-state index in [0.29, 0.717) is 0 Å². The van der Waals surface area contributed by atoms with Crippen LogP contribution in [0.1, 0.15) is 90.9 Å². The second-order valence-corrected chi connectivity index (χ2v) is 6.57. The zero-order valence-corrected chi connectivity index (χ0v) is 13.6. The molecule has 0 aromatic heterocycles. The van der Waals surface area contributed by atoms with E-state index < -0.39 is 0 Å². The molecule has 0 aliphatic carbocycles. The summed E-state index contributed by atoms with van der Waals surface area (Å²) in [6.07, 6.45) is 17.3. The summed E-state index contributed by atoms with van der Waals surface area (Å²) in [6.45, 7) is 8.76. The summed E-state index contributed by atoms with van der Waals surface area (Å²) in [5.74, 6) is 1.01. The lowest BCUT2D eigenvalue weighted by atomic mass is 9.92. The third kappa shape index (κ3) is 8.68. The van der Waals surface area contributed by atoms with Gasteiger partial charge in [0.25, 0.3) is 0 Å². The van der Waals surface area contributed by atoms with Crippen LogP contribution in [-0.4, -0.2) is 24.5 Å². The van der Waals surface area contributed by atoms with Crippen molar-refractivity contribution in [3.63, 3.8) is 0 Å². The van der Waals surface area contributed by atoms with Gasteiger partial charge in [0.2, 0.25) is 0 Å². The fourth-order valence-electron chi connectivity index (χ4n) is 3.38. The normalized spacial score (nSPS) is 20.8. The molecule has 114 valence electrons. The van der Waals surface area contributed by atoms with Crippen LogP contribution in [0.4, 0.5) is 0 Å². The molecule has 0 aromatic carbocycles. The first-order valence-corrected chi connectivity index (χ1v) is 9.09. The lowest BCUT2D eigenvalue weighted by Crippen LogP contribution is -2.36. The van der Waals surface area contributed by atoms with E-state index >= 15 is 0 Å². The SMILES string of the molecule is CCCCCCCCCN1CCCC(CCCC)C1. The fourth-order valence-corrected chi connectivity index (χ4v) is 3.38. The Kier molecular flexibility index (Phi) is 10.5. The minimum atomic E-state index is 1.01. The van der Waals surface area contributed by atoms with Gasteiger partial charge >= 0.3 is 0 Å². The summed E-state index contributed by atoms with van der Waals surface area (Å²) in [5, 5.41) is 0. The highest BCUT2D eigenvalue weighted by Crippen LogP contribution is 2.22. The Hall–Kier alpha value is -0.0400. The van der Waals surface area contributed by atoms with Gasteiger partial charge in [-0.05, 0) is 44.7 Å². The average Bonchev–Trinajstić information content (AvgIpc) is 2.44. The van der Waals surface area contributed by atoms with E-state index in [0.717, 1.165) is 5.92 Å². The van der Waals surface area contributed by atoms with Crippen molar-refractivity contribution in [1.82, 2.24) is 4.90 Å². The predicted octanol–water partition coefficient (Wildman–Crippen LogP) is 5.64. The highest BCUT2D eigenvalue weighted by Gasteiger charge is 2.18. The second-order valence-electron chi connectivity index (χ2n) is 6.57. The molecule has 0 N–H and O–H groups in total. The van der Waals surface area contributed by atoms with Gasteiger partial charge in [-0.15, -0.1) is 0 Å². The zero-order chi connectivity index (χ0) is 13.8. The van der Waals surface area contributed by atoms with Crippen LogP contribution in [0, 0.1) is 5.92 Å². The number of likely N-dealkylation sites (tertiary alicyclic amines) is 1. The van der Waals surface area contributed by atoms with E-state index in [1.165, 1.54) is 96.7 Å². The number of unbranched alkanes of at least 4 members (excludes halogenated alkanes) is 7. The first kappa shape index (κ1) is 17.0. The lowest BCUT2D eigenvalue weighted by molar-refractivity contribution is 0.164. The molecular weight excluding hydrogens is 230 g/mol. The van der Waals surface area contributed by atoms with Crippen LogP contribution in [0.3, 0.4) is 0 Å². The van der Waals surface area contributed by atoms with Gasteiger partial charge in [0.1, 0.15) is 0 Å². The molecule has 1 saturated heterocycles. The van der Waals surface area contributed by atoms with Crippen molar-refractivity contribution in [2.75, 3.05) is 19.6 Å². The molecule has 1 atom stereocenters. The second kappa shape index (κ2) is 11.8. The standard InChI is InChI=1S/C18H37N/c1-3-5-7-8-9-10-11-15-19-16-12-14-18(17-19)13-6-4-2/h18H,3-17H2,1-2H3. The largest absolute Gasteiger partial charge is 0.303 e. The maximum atomic E-state index is 2.75. The molecule has 1 aliphatic rings. The molecule has 1 heteroatoms. The number of rotatable bonds is 11.